The van der Waals surface area contributed by atoms with Crippen molar-refractivity contribution < 1.29 is 0 Å². The van der Waals surface area contributed by atoms with Crippen LogP contribution in [-0.4, -0.2) is 20.1 Å². The van der Waals surface area contributed by atoms with E-state index in [0.29, 0.717) is 5.92 Å². The number of imidazole rings is 1. The van der Waals surface area contributed by atoms with Crippen molar-refractivity contribution in [2.45, 2.75) is 44.6 Å². The molecule has 1 unspecified atom stereocenters. The van der Waals surface area contributed by atoms with Gasteiger partial charge in [-0.25, -0.2) is 9.50 Å². The Hall–Kier alpha value is -3.50. The smallest absolute Gasteiger partial charge is 0.154 e. The Morgan fingerprint density at radius 1 is 1.03 bits per heavy atom. The van der Waals surface area contributed by atoms with Crippen LogP contribution in [0.15, 0.2) is 85.1 Å². The zero-order valence-corrected chi connectivity index (χ0v) is 19.6. The van der Waals surface area contributed by atoms with Gasteiger partial charge in [0.1, 0.15) is 0 Å². The van der Waals surface area contributed by atoms with Crippen molar-refractivity contribution in [3.8, 4) is 22.4 Å². The van der Waals surface area contributed by atoms with Crippen LogP contribution in [0.25, 0.3) is 33.6 Å². The molecule has 0 spiro atoms. The Balaban J connectivity index is 1.46. The van der Waals surface area contributed by atoms with Gasteiger partial charge in [-0.05, 0) is 60.8 Å². The second kappa shape index (κ2) is 8.37. The Kier molecular flexibility index (Phi) is 5.19. The van der Waals surface area contributed by atoms with Crippen LogP contribution in [0.1, 0.15) is 43.9 Å². The van der Waals surface area contributed by atoms with E-state index in [-0.39, 0.29) is 5.54 Å². The minimum absolute atomic E-state index is 0.0274. The van der Waals surface area contributed by atoms with Gasteiger partial charge >= 0.3 is 0 Å². The fourth-order valence-corrected chi connectivity index (χ4v) is 5.25. The maximum Gasteiger partial charge on any atom is 0.154 e. The molecule has 4 nitrogen and oxygen atoms in total. The van der Waals surface area contributed by atoms with Gasteiger partial charge < -0.3 is 5.73 Å². The molecule has 1 fully saturated rings. The van der Waals surface area contributed by atoms with Crippen LogP contribution in [0.5, 0.6) is 0 Å². The van der Waals surface area contributed by atoms with E-state index in [2.05, 4.69) is 79.7 Å². The number of allylic oxidation sites excluding steroid dienone is 3. The quantitative estimate of drug-likeness (QED) is 0.382. The summed E-state index contributed by atoms with van der Waals surface area (Å²) in [7, 11) is 0. The lowest BCUT2D eigenvalue weighted by molar-refractivity contribution is 0.183. The van der Waals surface area contributed by atoms with Crippen molar-refractivity contribution in [3.05, 3.63) is 96.3 Å². The Morgan fingerprint density at radius 3 is 2.47 bits per heavy atom. The molecular formula is C30H30N4. The number of hydrogen-bond acceptors (Lipinski definition) is 3. The standard InChI is InChI=1S/C30H30N4/c1-2-21-9-11-23(12-10-21)27-20-32-28-19-26(22-7-4-3-5-8-22)29(33-34(27)28)24-13-15-25(16-14-24)30(31)17-6-18-30/h3-5,7-15,19-20,25H,2,6,16-18,31H2,1H3. The third-order valence-corrected chi connectivity index (χ3v) is 7.63. The molecule has 0 radical (unpaired) electrons. The zero-order chi connectivity index (χ0) is 23.1. The van der Waals surface area contributed by atoms with Crippen LogP contribution < -0.4 is 5.73 Å². The summed E-state index contributed by atoms with van der Waals surface area (Å²) in [5.41, 5.74) is 15.3. The first-order valence-electron chi connectivity index (χ1n) is 12.4. The third-order valence-electron chi connectivity index (χ3n) is 7.63. The van der Waals surface area contributed by atoms with Gasteiger partial charge in [0.25, 0.3) is 0 Å². The zero-order valence-electron chi connectivity index (χ0n) is 19.6. The minimum Gasteiger partial charge on any atom is -0.325 e. The number of fused-ring (bicyclic) bond motifs is 1. The van der Waals surface area contributed by atoms with Crippen LogP contribution >= 0.6 is 0 Å². The van der Waals surface area contributed by atoms with E-state index in [4.69, 9.17) is 15.8 Å². The average molecular weight is 447 g/mol. The summed E-state index contributed by atoms with van der Waals surface area (Å²) in [5, 5.41) is 5.18. The van der Waals surface area contributed by atoms with Gasteiger partial charge in [-0.15, -0.1) is 0 Å². The van der Waals surface area contributed by atoms with E-state index in [9.17, 15) is 0 Å². The third kappa shape index (κ3) is 3.59. The Bertz CT molecular complexity index is 1390. The van der Waals surface area contributed by atoms with Crippen molar-refractivity contribution in [3.63, 3.8) is 0 Å². The highest BCUT2D eigenvalue weighted by Gasteiger charge is 2.39. The molecule has 2 aliphatic carbocycles. The summed E-state index contributed by atoms with van der Waals surface area (Å²) in [5.74, 6) is 0.412. The van der Waals surface area contributed by atoms with Gasteiger partial charge in [-0.1, -0.05) is 79.7 Å². The van der Waals surface area contributed by atoms with E-state index in [1.54, 1.807) is 0 Å². The predicted molar refractivity (Wildman–Crippen MR) is 139 cm³/mol. The molecule has 2 N–H and O–H groups in total. The minimum atomic E-state index is -0.0274. The van der Waals surface area contributed by atoms with Crippen molar-refractivity contribution in [1.82, 2.24) is 14.6 Å². The molecule has 34 heavy (non-hydrogen) atoms. The van der Waals surface area contributed by atoms with Crippen LogP contribution in [0.3, 0.4) is 0 Å². The fourth-order valence-electron chi connectivity index (χ4n) is 5.25. The predicted octanol–water partition coefficient (Wildman–Crippen LogP) is 6.47. The number of nitrogens with two attached hydrogens (primary N) is 1. The second-order valence-electron chi connectivity index (χ2n) is 9.68. The van der Waals surface area contributed by atoms with Gasteiger partial charge in [0.2, 0.25) is 0 Å². The summed E-state index contributed by atoms with van der Waals surface area (Å²) in [6.07, 6.45) is 14.3. The largest absolute Gasteiger partial charge is 0.325 e. The van der Waals surface area contributed by atoms with Crippen molar-refractivity contribution in [2.24, 2.45) is 11.7 Å². The first kappa shape index (κ1) is 21.1. The van der Waals surface area contributed by atoms with E-state index >= 15 is 0 Å². The fraction of sp³-hybridized carbons (Fsp3) is 0.267. The van der Waals surface area contributed by atoms with Crippen molar-refractivity contribution in [2.75, 3.05) is 0 Å². The summed E-state index contributed by atoms with van der Waals surface area (Å²) in [6.45, 7) is 2.18. The number of rotatable bonds is 5. The monoisotopic (exact) mass is 446 g/mol. The number of aromatic nitrogens is 3. The summed E-state index contributed by atoms with van der Waals surface area (Å²) >= 11 is 0. The van der Waals surface area contributed by atoms with Crippen LogP contribution in [0.2, 0.25) is 0 Å². The maximum absolute atomic E-state index is 6.64. The van der Waals surface area contributed by atoms with Gasteiger partial charge in [-0.3, -0.25) is 0 Å². The average Bonchev–Trinajstić information content (AvgIpc) is 3.30. The molecule has 1 atom stereocenters. The van der Waals surface area contributed by atoms with E-state index in [1.807, 2.05) is 16.8 Å². The molecule has 2 aromatic heterocycles. The summed E-state index contributed by atoms with van der Waals surface area (Å²) in [6, 6.07) is 21.3. The van der Waals surface area contributed by atoms with Gasteiger partial charge in [-0.2, -0.15) is 5.10 Å². The summed E-state index contributed by atoms with van der Waals surface area (Å²) < 4.78 is 1.99. The number of benzene rings is 2. The van der Waals surface area contributed by atoms with E-state index in [0.717, 1.165) is 65.0 Å². The second-order valence-corrected chi connectivity index (χ2v) is 9.68. The first-order valence-corrected chi connectivity index (χ1v) is 12.4. The van der Waals surface area contributed by atoms with Crippen LogP contribution in [-0.2, 0) is 6.42 Å². The highest BCUT2D eigenvalue weighted by Crippen LogP contribution is 2.41. The number of aryl methyl sites for hydroxylation is 1. The van der Waals surface area contributed by atoms with Gasteiger partial charge in [0, 0.05) is 16.7 Å². The molecule has 2 heterocycles. The van der Waals surface area contributed by atoms with Gasteiger partial charge in [0.05, 0.1) is 17.6 Å². The lowest BCUT2D eigenvalue weighted by Gasteiger charge is -2.44. The highest BCUT2D eigenvalue weighted by molar-refractivity contribution is 5.85. The molecule has 4 aromatic rings. The molecule has 0 bridgehead atoms. The van der Waals surface area contributed by atoms with E-state index < -0.39 is 0 Å². The summed E-state index contributed by atoms with van der Waals surface area (Å²) in [4.78, 5) is 4.72. The van der Waals surface area contributed by atoms with Crippen LogP contribution in [0, 0.1) is 5.92 Å². The first-order chi connectivity index (χ1) is 16.6. The molecule has 4 heteroatoms. The number of nitrogens with zero attached hydrogens (tertiary/aromatic N) is 3. The maximum atomic E-state index is 6.64. The SMILES string of the molecule is CCc1ccc(-c2cnc3cc(-c4ccccc4)c(C4=CCC(C5(N)CCC5)C=C4)nn23)cc1. The lowest BCUT2D eigenvalue weighted by atomic mass is 9.66. The number of hydrogen-bond donors (Lipinski definition) is 1. The Labute approximate surface area is 200 Å². The van der Waals surface area contributed by atoms with Crippen molar-refractivity contribution in [1.29, 1.82) is 0 Å². The van der Waals surface area contributed by atoms with E-state index in [1.165, 1.54) is 12.0 Å². The molecule has 6 rings (SSSR count). The molecular weight excluding hydrogens is 416 g/mol. The lowest BCUT2D eigenvalue weighted by Crippen LogP contribution is -2.52. The molecule has 1 saturated carbocycles. The molecule has 0 saturated heterocycles. The van der Waals surface area contributed by atoms with Crippen LogP contribution in [0.4, 0.5) is 0 Å². The normalized spacial score (nSPS) is 19.1. The molecule has 2 aromatic carbocycles. The molecule has 2 aliphatic rings. The molecule has 0 amide bonds. The highest BCUT2D eigenvalue weighted by atomic mass is 15.3. The van der Waals surface area contributed by atoms with Crippen molar-refractivity contribution >= 4 is 11.2 Å². The topological polar surface area (TPSA) is 56.2 Å². The molecule has 0 aliphatic heterocycles. The Morgan fingerprint density at radius 2 is 1.82 bits per heavy atom. The molecule has 170 valence electrons. The van der Waals surface area contributed by atoms with Gasteiger partial charge in [0.15, 0.2) is 5.65 Å².